The van der Waals surface area contributed by atoms with Gasteiger partial charge in [-0.25, -0.2) is 0 Å². The van der Waals surface area contributed by atoms with E-state index in [-0.39, 0.29) is 0 Å². The van der Waals surface area contributed by atoms with E-state index in [0.29, 0.717) is 12.7 Å². The molecule has 0 radical (unpaired) electrons. The van der Waals surface area contributed by atoms with Crippen LogP contribution in [0.25, 0.3) is 10.9 Å². The minimum atomic E-state index is 0.314. The Balaban J connectivity index is 1.81. The van der Waals surface area contributed by atoms with Crippen LogP contribution in [-0.2, 0) is 4.74 Å². The van der Waals surface area contributed by atoms with E-state index in [1.807, 2.05) is 24.4 Å². The Morgan fingerprint density at radius 3 is 3.21 bits per heavy atom. The van der Waals surface area contributed by atoms with Gasteiger partial charge in [0.2, 0.25) is 0 Å². The van der Waals surface area contributed by atoms with Crippen molar-refractivity contribution >= 4 is 10.9 Å². The van der Waals surface area contributed by atoms with Crippen LogP contribution in [0, 0.1) is 0 Å². The Morgan fingerprint density at radius 1 is 1.43 bits per heavy atom. The Morgan fingerprint density at radius 2 is 2.36 bits per heavy atom. The van der Waals surface area contributed by atoms with Crippen LogP contribution in [-0.4, -0.2) is 24.3 Å². The standard InChI is InChI=1S/C11H11NO2/c1-2-9(13-6-10-7-14-10)5-11-8(1)3-4-12-11/h1-5,10,12H,6-7H2. The molecule has 1 aliphatic rings. The maximum atomic E-state index is 5.56. The van der Waals surface area contributed by atoms with Crippen LogP contribution in [0.1, 0.15) is 0 Å². The monoisotopic (exact) mass is 189 g/mol. The van der Waals surface area contributed by atoms with Crippen LogP contribution in [0.15, 0.2) is 30.5 Å². The zero-order valence-electron chi connectivity index (χ0n) is 7.69. The second-order valence-electron chi connectivity index (χ2n) is 3.49. The molecule has 0 aliphatic carbocycles. The van der Waals surface area contributed by atoms with Crippen LogP contribution in [0.4, 0.5) is 0 Å². The van der Waals surface area contributed by atoms with Gasteiger partial charge < -0.3 is 14.5 Å². The van der Waals surface area contributed by atoms with Crippen LogP contribution < -0.4 is 4.74 Å². The van der Waals surface area contributed by atoms with Crippen LogP contribution in [0.3, 0.4) is 0 Å². The first kappa shape index (κ1) is 7.88. The van der Waals surface area contributed by atoms with E-state index in [0.717, 1.165) is 17.9 Å². The lowest BCUT2D eigenvalue weighted by molar-refractivity contribution is 0.263. The van der Waals surface area contributed by atoms with Crippen LogP contribution in [0.5, 0.6) is 5.75 Å². The molecule has 1 aromatic carbocycles. The van der Waals surface area contributed by atoms with Gasteiger partial charge in [-0.05, 0) is 23.6 Å². The molecule has 3 nitrogen and oxygen atoms in total. The Hall–Kier alpha value is -1.48. The molecular formula is C11H11NO2. The molecule has 3 heteroatoms. The molecule has 2 aromatic rings. The Bertz CT molecular complexity index is 445. The minimum absolute atomic E-state index is 0.314. The molecular weight excluding hydrogens is 178 g/mol. The third kappa shape index (κ3) is 1.46. The highest BCUT2D eigenvalue weighted by Crippen LogP contribution is 2.20. The van der Waals surface area contributed by atoms with Gasteiger partial charge in [-0.3, -0.25) is 0 Å². The van der Waals surface area contributed by atoms with Crippen molar-refractivity contribution in [3.05, 3.63) is 30.5 Å². The first-order valence-electron chi connectivity index (χ1n) is 4.73. The van der Waals surface area contributed by atoms with E-state index in [1.165, 1.54) is 5.39 Å². The first-order valence-corrected chi connectivity index (χ1v) is 4.73. The van der Waals surface area contributed by atoms with E-state index >= 15 is 0 Å². The summed E-state index contributed by atoms with van der Waals surface area (Å²) in [6.45, 7) is 1.50. The smallest absolute Gasteiger partial charge is 0.121 e. The number of ether oxygens (including phenoxy) is 2. The van der Waals surface area contributed by atoms with E-state index in [1.54, 1.807) is 0 Å². The predicted octanol–water partition coefficient (Wildman–Crippen LogP) is 1.95. The molecule has 14 heavy (non-hydrogen) atoms. The highest BCUT2D eigenvalue weighted by atomic mass is 16.6. The molecule has 72 valence electrons. The van der Waals surface area contributed by atoms with Gasteiger partial charge in [0.25, 0.3) is 0 Å². The maximum absolute atomic E-state index is 5.56. The molecule has 0 bridgehead atoms. The zero-order chi connectivity index (χ0) is 9.38. The van der Waals surface area contributed by atoms with Crippen molar-refractivity contribution < 1.29 is 9.47 Å². The van der Waals surface area contributed by atoms with E-state index < -0.39 is 0 Å². The van der Waals surface area contributed by atoms with E-state index in [4.69, 9.17) is 9.47 Å². The predicted molar refractivity (Wildman–Crippen MR) is 53.5 cm³/mol. The van der Waals surface area contributed by atoms with E-state index in [9.17, 15) is 0 Å². The van der Waals surface area contributed by atoms with Crippen LogP contribution >= 0.6 is 0 Å². The third-order valence-corrected chi connectivity index (χ3v) is 2.36. The van der Waals surface area contributed by atoms with Crippen molar-refractivity contribution in [2.45, 2.75) is 6.10 Å². The summed E-state index contributed by atoms with van der Waals surface area (Å²) in [6, 6.07) is 8.09. The van der Waals surface area contributed by atoms with Gasteiger partial charge in [0.15, 0.2) is 0 Å². The van der Waals surface area contributed by atoms with Crippen molar-refractivity contribution in [2.24, 2.45) is 0 Å². The summed E-state index contributed by atoms with van der Waals surface area (Å²) in [7, 11) is 0. The normalized spacial score (nSPS) is 19.9. The van der Waals surface area contributed by atoms with Gasteiger partial charge in [0.1, 0.15) is 18.5 Å². The van der Waals surface area contributed by atoms with E-state index in [2.05, 4.69) is 11.1 Å². The molecule has 1 fully saturated rings. The number of aromatic amines is 1. The molecule has 1 atom stereocenters. The number of H-pyrrole nitrogens is 1. The van der Waals surface area contributed by atoms with Gasteiger partial charge in [-0.15, -0.1) is 0 Å². The Kier molecular flexibility index (Phi) is 1.70. The van der Waals surface area contributed by atoms with Gasteiger partial charge in [-0.1, -0.05) is 0 Å². The number of hydrogen-bond donors (Lipinski definition) is 1. The number of fused-ring (bicyclic) bond motifs is 1. The second-order valence-corrected chi connectivity index (χ2v) is 3.49. The average Bonchev–Trinajstić information content (AvgIpc) is 2.92. The molecule has 1 aliphatic heterocycles. The fourth-order valence-corrected chi connectivity index (χ4v) is 1.47. The summed E-state index contributed by atoms with van der Waals surface area (Å²) in [5.41, 5.74) is 1.11. The fraction of sp³-hybridized carbons (Fsp3) is 0.273. The number of benzene rings is 1. The highest BCUT2D eigenvalue weighted by molar-refractivity contribution is 5.80. The molecule has 1 unspecified atom stereocenters. The minimum Gasteiger partial charge on any atom is -0.491 e. The molecule has 2 heterocycles. The van der Waals surface area contributed by atoms with Gasteiger partial charge >= 0.3 is 0 Å². The topological polar surface area (TPSA) is 37.5 Å². The molecule has 1 aromatic heterocycles. The number of epoxide rings is 1. The molecule has 1 saturated heterocycles. The summed E-state index contributed by atoms with van der Waals surface area (Å²) in [6.07, 6.45) is 2.24. The molecule has 1 N–H and O–H groups in total. The Labute approximate surface area is 81.6 Å². The van der Waals surface area contributed by atoms with Gasteiger partial charge in [0.05, 0.1) is 6.61 Å². The maximum Gasteiger partial charge on any atom is 0.121 e. The molecule has 0 spiro atoms. The lowest BCUT2D eigenvalue weighted by Gasteiger charge is -2.03. The number of nitrogens with one attached hydrogen (secondary N) is 1. The summed E-state index contributed by atoms with van der Waals surface area (Å²) >= 11 is 0. The van der Waals surface area contributed by atoms with Crippen molar-refractivity contribution in [1.29, 1.82) is 0 Å². The van der Waals surface area contributed by atoms with Gasteiger partial charge in [0, 0.05) is 17.8 Å². The zero-order valence-corrected chi connectivity index (χ0v) is 7.69. The third-order valence-electron chi connectivity index (χ3n) is 2.36. The summed E-state index contributed by atoms with van der Waals surface area (Å²) in [5.74, 6) is 0.899. The number of aromatic nitrogens is 1. The lowest BCUT2D eigenvalue weighted by Crippen LogP contribution is -2.03. The first-order chi connectivity index (χ1) is 6.92. The highest BCUT2D eigenvalue weighted by Gasteiger charge is 2.22. The lowest BCUT2D eigenvalue weighted by atomic mass is 10.2. The SMILES string of the molecule is c1cc2ccc(OCC3CO3)cc2[nH]1. The quantitative estimate of drug-likeness (QED) is 0.749. The summed E-state index contributed by atoms with van der Waals surface area (Å²) in [5, 5.41) is 1.21. The number of hydrogen-bond acceptors (Lipinski definition) is 2. The molecule has 0 amide bonds. The average molecular weight is 189 g/mol. The van der Waals surface area contributed by atoms with Crippen molar-refractivity contribution in [3.8, 4) is 5.75 Å². The summed E-state index contributed by atoms with van der Waals surface area (Å²) in [4.78, 5) is 3.15. The largest absolute Gasteiger partial charge is 0.491 e. The second kappa shape index (κ2) is 3.03. The van der Waals surface area contributed by atoms with Crippen molar-refractivity contribution in [3.63, 3.8) is 0 Å². The van der Waals surface area contributed by atoms with Crippen LogP contribution in [0.2, 0.25) is 0 Å². The van der Waals surface area contributed by atoms with Crippen molar-refractivity contribution in [2.75, 3.05) is 13.2 Å². The summed E-state index contributed by atoms with van der Waals surface area (Å²) < 4.78 is 10.6. The molecule has 3 rings (SSSR count). The fourth-order valence-electron chi connectivity index (χ4n) is 1.47. The van der Waals surface area contributed by atoms with Gasteiger partial charge in [-0.2, -0.15) is 0 Å². The molecule has 0 saturated carbocycles. The van der Waals surface area contributed by atoms with Crippen molar-refractivity contribution in [1.82, 2.24) is 4.98 Å². The number of rotatable bonds is 3.